The van der Waals surface area contributed by atoms with E-state index < -0.39 is 0 Å². The van der Waals surface area contributed by atoms with Crippen LogP contribution < -0.4 is 0 Å². The quantitative estimate of drug-likeness (QED) is 0.131. The summed E-state index contributed by atoms with van der Waals surface area (Å²) in [5, 5.41) is 10.0. The van der Waals surface area contributed by atoms with Gasteiger partial charge in [0.05, 0.1) is 0 Å². The molecule has 256 valence electrons. The zero-order valence-electron chi connectivity index (χ0n) is 29.6. The van der Waals surface area contributed by atoms with Crippen molar-refractivity contribution in [2.75, 3.05) is 0 Å². The number of hydrogen-bond donors (Lipinski definition) is 0. The first-order valence-electron chi connectivity index (χ1n) is 18.5. The SMILES string of the molecule is c1ccc(-c2nc(-c3ccc(-c4c5ccccc5cc5c4ccc4ccccc45)cc3)nc(-c3cccc(-c4ccc5sc6ccccc6c5c4)c3)n2)cc1. The van der Waals surface area contributed by atoms with Crippen molar-refractivity contribution >= 4 is 63.8 Å². The van der Waals surface area contributed by atoms with E-state index in [2.05, 4.69) is 170 Å². The monoisotopic (exact) mass is 717 g/mol. The van der Waals surface area contributed by atoms with Gasteiger partial charge in [0.25, 0.3) is 0 Å². The van der Waals surface area contributed by atoms with Crippen LogP contribution in [0.2, 0.25) is 0 Å². The van der Waals surface area contributed by atoms with Crippen LogP contribution in [0.3, 0.4) is 0 Å². The van der Waals surface area contributed by atoms with E-state index in [0.717, 1.165) is 27.8 Å². The lowest BCUT2D eigenvalue weighted by Crippen LogP contribution is -2.00. The summed E-state index contributed by atoms with van der Waals surface area (Å²) >= 11 is 1.84. The van der Waals surface area contributed by atoms with Gasteiger partial charge in [-0.2, -0.15) is 0 Å². The topological polar surface area (TPSA) is 38.7 Å². The molecule has 2 heterocycles. The average Bonchev–Trinajstić information content (AvgIpc) is 3.64. The average molecular weight is 718 g/mol. The molecule has 11 aromatic rings. The van der Waals surface area contributed by atoms with Crippen molar-refractivity contribution < 1.29 is 0 Å². The molecule has 9 aromatic carbocycles. The van der Waals surface area contributed by atoms with Crippen LogP contribution in [0.4, 0.5) is 0 Å². The van der Waals surface area contributed by atoms with Crippen LogP contribution in [0.15, 0.2) is 188 Å². The van der Waals surface area contributed by atoms with Crippen molar-refractivity contribution in [2.45, 2.75) is 0 Å². The van der Waals surface area contributed by atoms with E-state index in [1.54, 1.807) is 0 Å². The van der Waals surface area contributed by atoms with Crippen molar-refractivity contribution in [2.24, 2.45) is 0 Å². The zero-order valence-corrected chi connectivity index (χ0v) is 30.5. The maximum absolute atomic E-state index is 5.13. The fourth-order valence-electron chi connectivity index (χ4n) is 8.01. The molecule has 0 aliphatic carbocycles. The second-order valence-electron chi connectivity index (χ2n) is 14.0. The van der Waals surface area contributed by atoms with E-state index in [4.69, 9.17) is 15.0 Å². The summed E-state index contributed by atoms with van der Waals surface area (Å²) in [6.07, 6.45) is 0. The van der Waals surface area contributed by atoms with Crippen LogP contribution in [-0.4, -0.2) is 15.0 Å². The van der Waals surface area contributed by atoms with Crippen LogP contribution in [0.1, 0.15) is 0 Å². The van der Waals surface area contributed by atoms with Gasteiger partial charge in [-0.3, -0.25) is 0 Å². The molecule has 3 nitrogen and oxygen atoms in total. The zero-order chi connectivity index (χ0) is 36.3. The third-order valence-corrected chi connectivity index (χ3v) is 11.9. The normalized spacial score (nSPS) is 11.6. The molecule has 0 saturated heterocycles. The number of nitrogens with zero attached hydrogens (tertiary/aromatic N) is 3. The number of aromatic nitrogens is 3. The summed E-state index contributed by atoms with van der Waals surface area (Å²) in [4.78, 5) is 15.2. The van der Waals surface area contributed by atoms with Gasteiger partial charge in [-0.05, 0) is 84.9 Å². The van der Waals surface area contributed by atoms with Gasteiger partial charge in [0.1, 0.15) is 0 Å². The van der Waals surface area contributed by atoms with Gasteiger partial charge in [0.15, 0.2) is 17.5 Å². The Balaban J connectivity index is 1.03. The summed E-state index contributed by atoms with van der Waals surface area (Å²) in [5.74, 6) is 1.93. The molecule has 4 heteroatoms. The third-order valence-electron chi connectivity index (χ3n) is 10.7. The second kappa shape index (κ2) is 12.8. The van der Waals surface area contributed by atoms with Crippen LogP contribution in [-0.2, 0) is 0 Å². The minimum atomic E-state index is 0.640. The highest BCUT2D eigenvalue weighted by molar-refractivity contribution is 7.25. The van der Waals surface area contributed by atoms with Crippen LogP contribution in [0.25, 0.3) is 109 Å². The Hall–Kier alpha value is -7.01. The summed E-state index contributed by atoms with van der Waals surface area (Å²) in [7, 11) is 0. The number of fused-ring (bicyclic) bond motifs is 7. The van der Waals surface area contributed by atoms with Crippen LogP contribution in [0, 0.1) is 0 Å². The number of thiophene rings is 1. The molecular weight excluding hydrogens is 687 g/mol. The van der Waals surface area contributed by atoms with E-state index in [0.29, 0.717) is 17.5 Å². The van der Waals surface area contributed by atoms with E-state index in [9.17, 15) is 0 Å². The summed E-state index contributed by atoms with van der Waals surface area (Å²) in [5.41, 5.74) is 7.51. The molecule has 0 spiro atoms. The fourth-order valence-corrected chi connectivity index (χ4v) is 9.10. The highest BCUT2D eigenvalue weighted by Crippen LogP contribution is 2.40. The molecule has 0 saturated carbocycles. The maximum atomic E-state index is 5.13. The van der Waals surface area contributed by atoms with Gasteiger partial charge in [-0.15, -0.1) is 11.3 Å². The van der Waals surface area contributed by atoms with E-state index >= 15 is 0 Å². The predicted molar refractivity (Wildman–Crippen MR) is 232 cm³/mol. The second-order valence-corrected chi connectivity index (χ2v) is 15.1. The predicted octanol–water partition coefficient (Wildman–Crippen LogP) is 14.0. The Labute approximate surface area is 321 Å². The summed E-state index contributed by atoms with van der Waals surface area (Å²) in [6.45, 7) is 0. The number of rotatable bonds is 5. The maximum Gasteiger partial charge on any atom is 0.164 e. The molecule has 11 rings (SSSR count). The Morgan fingerprint density at radius 1 is 0.273 bits per heavy atom. The minimum absolute atomic E-state index is 0.640. The molecule has 0 N–H and O–H groups in total. The molecule has 0 radical (unpaired) electrons. The molecular formula is C51H31N3S. The first-order valence-corrected chi connectivity index (χ1v) is 19.3. The molecule has 0 unspecified atom stereocenters. The molecule has 0 aliphatic rings. The van der Waals surface area contributed by atoms with Gasteiger partial charge < -0.3 is 0 Å². The molecule has 2 aromatic heterocycles. The van der Waals surface area contributed by atoms with Gasteiger partial charge >= 0.3 is 0 Å². The van der Waals surface area contributed by atoms with E-state index in [1.165, 1.54) is 63.6 Å². The largest absolute Gasteiger partial charge is 0.208 e. The van der Waals surface area contributed by atoms with Crippen LogP contribution in [0.5, 0.6) is 0 Å². The third kappa shape index (κ3) is 5.46. The first-order chi connectivity index (χ1) is 27.2. The van der Waals surface area contributed by atoms with Crippen molar-refractivity contribution in [1.29, 1.82) is 0 Å². The Kier molecular flexibility index (Phi) is 7.35. The summed E-state index contributed by atoms with van der Waals surface area (Å²) < 4.78 is 2.60. The Morgan fingerprint density at radius 2 is 0.836 bits per heavy atom. The summed E-state index contributed by atoms with van der Waals surface area (Å²) in [6, 6.07) is 67.0. The lowest BCUT2D eigenvalue weighted by molar-refractivity contribution is 1.07. The lowest BCUT2D eigenvalue weighted by Gasteiger charge is -2.14. The Morgan fingerprint density at radius 3 is 1.65 bits per heavy atom. The van der Waals surface area contributed by atoms with Crippen molar-refractivity contribution in [3.8, 4) is 56.4 Å². The minimum Gasteiger partial charge on any atom is -0.208 e. The van der Waals surface area contributed by atoms with Gasteiger partial charge in [0.2, 0.25) is 0 Å². The molecule has 0 bridgehead atoms. The van der Waals surface area contributed by atoms with Crippen molar-refractivity contribution in [1.82, 2.24) is 15.0 Å². The first kappa shape index (κ1) is 31.5. The number of benzene rings is 9. The molecule has 55 heavy (non-hydrogen) atoms. The highest BCUT2D eigenvalue weighted by Gasteiger charge is 2.16. The van der Waals surface area contributed by atoms with E-state index in [-0.39, 0.29) is 0 Å². The number of hydrogen-bond acceptors (Lipinski definition) is 4. The molecule has 0 atom stereocenters. The van der Waals surface area contributed by atoms with Gasteiger partial charge in [-0.1, -0.05) is 158 Å². The van der Waals surface area contributed by atoms with Gasteiger partial charge in [-0.25, -0.2) is 15.0 Å². The van der Waals surface area contributed by atoms with E-state index in [1.807, 2.05) is 29.5 Å². The standard InChI is InChI=1S/C51H31N3S/c1-2-12-34(13-3-1)49-52-50(54-51(53-49)39-16-10-15-36(29-39)37-26-28-47-45(30-37)42-19-8-9-20-46(42)55-47)35-23-21-33(22-24-35)48-41-18-7-5-14-38(41)31-44-40-17-6-4-11-32(40)25-27-43(44)48/h1-31H. The molecule has 0 amide bonds. The van der Waals surface area contributed by atoms with Crippen LogP contribution >= 0.6 is 11.3 Å². The van der Waals surface area contributed by atoms with Crippen molar-refractivity contribution in [3.05, 3.63) is 188 Å². The van der Waals surface area contributed by atoms with Gasteiger partial charge in [0, 0.05) is 36.9 Å². The molecule has 0 fully saturated rings. The highest BCUT2D eigenvalue weighted by atomic mass is 32.1. The Bertz CT molecular complexity index is 3260. The lowest BCUT2D eigenvalue weighted by atomic mass is 9.89. The fraction of sp³-hybridized carbons (Fsp3) is 0. The smallest absolute Gasteiger partial charge is 0.164 e. The molecule has 0 aliphatic heterocycles. The van der Waals surface area contributed by atoms with Crippen molar-refractivity contribution in [3.63, 3.8) is 0 Å².